The Balaban J connectivity index is 0. The van der Waals surface area contributed by atoms with Crippen LogP contribution in [0.4, 0.5) is 0 Å². The first kappa shape index (κ1) is 11.2. The van der Waals surface area contributed by atoms with E-state index in [1.165, 1.54) is 13.8 Å². The van der Waals surface area contributed by atoms with Gasteiger partial charge in [-0.15, -0.1) is 0 Å². The number of hydrogen-bond acceptors (Lipinski definition) is 3. The summed E-state index contributed by atoms with van der Waals surface area (Å²) in [5.41, 5.74) is 4.69. The summed E-state index contributed by atoms with van der Waals surface area (Å²) in [5.74, 6) is 0.167. The molecule has 0 spiro atoms. The lowest BCUT2D eigenvalue weighted by Gasteiger charge is -1.90. The Morgan fingerprint density at radius 3 is 1.89 bits per heavy atom. The van der Waals surface area contributed by atoms with E-state index in [0.29, 0.717) is 0 Å². The molecule has 0 aromatic rings. The highest BCUT2D eigenvalue weighted by Crippen LogP contribution is 1.68. The van der Waals surface area contributed by atoms with Crippen LogP contribution < -0.4 is 5.73 Å². The molecule has 0 amide bonds. The number of aliphatic hydroxyl groups is 2. The van der Waals surface area contributed by atoms with Gasteiger partial charge >= 0.3 is 0 Å². The molecule has 0 aliphatic carbocycles. The van der Waals surface area contributed by atoms with Crippen molar-refractivity contribution < 1.29 is 10.2 Å². The predicted octanol–water partition coefficient (Wildman–Crippen LogP) is -0.698. The number of hydrogen-bond donors (Lipinski definition) is 4. The van der Waals surface area contributed by atoms with Gasteiger partial charge in [0.1, 0.15) is 0 Å². The van der Waals surface area contributed by atoms with Crippen LogP contribution in [0.15, 0.2) is 0 Å². The van der Waals surface area contributed by atoms with Gasteiger partial charge in [-0.1, -0.05) is 0 Å². The van der Waals surface area contributed by atoms with Crippen molar-refractivity contribution in [3.63, 3.8) is 0 Å². The number of nitrogens with two attached hydrogens (primary N) is 1. The predicted molar refractivity (Wildman–Crippen MR) is 36.4 cm³/mol. The Morgan fingerprint density at radius 1 is 1.78 bits per heavy atom. The number of nitrogens with one attached hydrogen (secondary N) is 1. The third-order valence-electron chi connectivity index (χ3n) is 0.264. The average Bonchev–Trinajstić information content (AvgIpc) is 1.65. The zero-order valence-corrected chi connectivity index (χ0v) is 5.76. The molecule has 0 saturated carbocycles. The lowest BCUT2D eigenvalue weighted by Crippen LogP contribution is -2.03. The molecule has 9 heavy (non-hydrogen) atoms. The van der Waals surface area contributed by atoms with Crippen molar-refractivity contribution in [3.8, 4) is 0 Å². The van der Waals surface area contributed by atoms with Gasteiger partial charge in [-0.2, -0.15) is 0 Å². The Labute approximate surface area is 54.8 Å². The fraction of sp³-hybridized carbons (Fsp3) is 0.800. The van der Waals surface area contributed by atoms with Gasteiger partial charge in [-0.05, 0) is 13.8 Å². The summed E-state index contributed by atoms with van der Waals surface area (Å²) in [6.07, 6.45) is -0.560. The SMILES string of the molecule is CC(=N)N.CC(O)CO. The molecule has 0 fully saturated rings. The Morgan fingerprint density at radius 2 is 1.89 bits per heavy atom. The van der Waals surface area contributed by atoms with Crippen LogP contribution >= 0.6 is 0 Å². The van der Waals surface area contributed by atoms with E-state index in [9.17, 15) is 0 Å². The van der Waals surface area contributed by atoms with E-state index in [-0.39, 0.29) is 12.4 Å². The van der Waals surface area contributed by atoms with Crippen LogP contribution in [0.1, 0.15) is 13.8 Å². The van der Waals surface area contributed by atoms with E-state index in [1.54, 1.807) is 0 Å². The third-order valence-corrected chi connectivity index (χ3v) is 0.264. The first-order chi connectivity index (χ1) is 4.00. The van der Waals surface area contributed by atoms with Crippen LogP contribution in [0.2, 0.25) is 0 Å². The molecule has 56 valence electrons. The molecule has 0 aliphatic heterocycles. The highest BCUT2D eigenvalue weighted by atomic mass is 16.3. The van der Waals surface area contributed by atoms with Crippen molar-refractivity contribution in [2.45, 2.75) is 20.0 Å². The van der Waals surface area contributed by atoms with Crippen LogP contribution in [0.5, 0.6) is 0 Å². The van der Waals surface area contributed by atoms with Crippen LogP contribution in [0.25, 0.3) is 0 Å². The standard InChI is InChI=1S/C3H8O2.C2H6N2/c1-3(5)2-4;1-2(3)4/h3-5H,2H2,1H3;1H3,(H3,3,4). The number of aliphatic hydroxyl groups excluding tert-OH is 2. The van der Waals surface area contributed by atoms with E-state index >= 15 is 0 Å². The Hall–Kier alpha value is -0.610. The third kappa shape index (κ3) is 111. The maximum absolute atomic E-state index is 8.11. The largest absolute Gasteiger partial charge is 0.394 e. The molecule has 0 aromatic carbocycles. The van der Waals surface area contributed by atoms with Crippen LogP contribution in [-0.2, 0) is 0 Å². The zero-order valence-electron chi connectivity index (χ0n) is 5.76. The molecule has 4 nitrogen and oxygen atoms in total. The molecule has 0 aromatic heterocycles. The summed E-state index contributed by atoms with van der Waals surface area (Å²) >= 11 is 0. The van der Waals surface area contributed by atoms with Crippen molar-refractivity contribution >= 4 is 5.84 Å². The van der Waals surface area contributed by atoms with Gasteiger partial charge in [-0.3, -0.25) is 5.41 Å². The summed E-state index contributed by atoms with van der Waals surface area (Å²) in [6.45, 7) is 2.92. The summed E-state index contributed by atoms with van der Waals surface area (Å²) in [4.78, 5) is 0. The van der Waals surface area contributed by atoms with E-state index in [1.807, 2.05) is 0 Å². The van der Waals surface area contributed by atoms with Crippen molar-refractivity contribution in [1.82, 2.24) is 0 Å². The fourth-order valence-corrected chi connectivity index (χ4v) is 0. The number of amidine groups is 1. The van der Waals surface area contributed by atoms with Crippen molar-refractivity contribution in [1.29, 1.82) is 5.41 Å². The monoisotopic (exact) mass is 134 g/mol. The smallest absolute Gasteiger partial charge is 0.0873 e. The summed E-state index contributed by atoms with van der Waals surface area (Å²) in [5, 5.41) is 22.3. The van der Waals surface area contributed by atoms with Crippen LogP contribution in [0, 0.1) is 5.41 Å². The van der Waals surface area contributed by atoms with E-state index < -0.39 is 6.10 Å². The van der Waals surface area contributed by atoms with Gasteiger partial charge < -0.3 is 15.9 Å². The van der Waals surface area contributed by atoms with Gasteiger partial charge in [0, 0.05) is 0 Å². The molecule has 0 bridgehead atoms. The van der Waals surface area contributed by atoms with Crippen molar-refractivity contribution in [2.75, 3.05) is 6.61 Å². The summed E-state index contributed by atoms with van der Waals surface area (Å²) in [6, 6.07) is 0. The molecule has 5 N–H and O–H groups in total. The fourth-order valence-electron chi connectivity index (χ4n) is 0. The van der Waals surface area contributed by atoms with E-state index in [0.717, 1.165) is 0 Å². The minimum Gasteiger partial charge on any atom is -0.394 e. The second-order valence-corrected chi connectivity index (χ2v) is 1.71. The quantitative estimate of drug-likeness (QED) is 0.282. The molecular weight excluding hydrogens is 120 g/mol. The Bertz CT molecular complexity index is 69.4. The van der Waals surface area contributed by atoms with Gasteiger partial charge in [0.15, 0.2) is 0 Å². The normalized spacial score (nSPS) is 11.1. The number of rotatable bonds is 1. The van der Waals surface area contributed by atoms with Crippen LogP contribution in [0.3, 0.4) is 0 Å². The van der Waals surface area contributed by atoms with Gasteiger partial charge in [0.25, 0.3) is 0 Å². The molecule has 4 heteroatoms. The lowest BCUT2D eigenvalue weighted by molar-refractivity contribution is 0.110. The van der Waals surface area contributed by atoms with Gasteiger partial charge in [0.2, 0.25) is 0 Å². The second kappa shape index (κ2) is 7.39. The molecular formula is C5H14N2O2. The van der Waals surface area contributed by atoms with Gasteiger partial charge in [-0.25, -0.2) is 0 Å². The van der Waals surface area contributed by atoms with Gasteiger partial charge in [0.05, 0.1) is 18.5 Å². The second-order valence-electron chi connectivity index (χ2n) is 1.71. The van der Waals surface area contributed by atoms with Crippen LogP contribution in [-0.4, -0.2) is 28.8 Å². The lowest BCUT2D eigenvalue weighted by atomic mass is 10.5. The summed E-state index contributed by atoms with van der Waals surface area (Å²) in [7, 11) is 0. The minimum absolute atomic E-state index is 0.139. The highest BCUT2D eigenvalue weighted by Gasteiger charge is 1.83. The van der Waals surface area contributed by atoms with E-state index in [2.05, 4.69) is 0 Å². The van der Waals surface area contributed by atoms with Crippen molar-refractivity contribution in [3.05, 3.63) is 0 Å². The maximum Gasteiger partial charge on any atom is 0.0873 e. The molecule has 0 saturated heterocycles. The molecule has 0 heterocycles. The summed E-state index contributed by atoms with van der Waals surface area (Å²) < 4.78 is 0. The molecule has 1 unspecified atom stereocenters. The Kier molecular flexibility index (Phi) is 9.21. The average molecular weight is 134 g/mol. The maximum atomic E-state index is 8.11. The van der Waals surface area contributed by atoms with Crippen molar-refractivity contribution in [2.24, 2.45) is 5.73 Å². The first-order valence-electron chi connectivity index (χ1n) is 2.60. The molecule has 1 atom stereocenters. The first-order valence-corrected chi connectivity index (χ1v) is 2.60. The molecule has 0 radical (unpaired) electrons. The topological polar surface area (TPSA) is 90.3 Å². The van der Waals surface area contributed by atoms with E-state index in [4.69, 9.17) is 21.4 Å². The zero-order chi connectivity index (χ0) is 7.86. The molecule has 0 aliphatic rings. The molecule has 0 rings (SSSR count). The highest BCUT2D eigenvalue weighted by molar-refractivity contribution is 5.73. The minimum atomic E-state index is -0.560.